The second-order valence-electron chi connectivity index (χ2n) is 8.68. The van der Waals surface area contributed by atoms with Crippen LogP contribution in [-0.4, -0.2) is 41.0 Å². The van der Waals surface area contributed by atoms with Crippen LogP contribution in [0.1, 0.15) is 58.4 Å². The number of halogens is 1. The Morgan fingerprint density at radius 3 is 2.47 bits per heavy atom. The molecule has 1 saturated heterocycles. The van der Waals surface area contributed by atoms with Gasteiger partial charge in [-0.05, 0) is 68.7 Å². The van der Waals surface area contributed by atoms with E-state index in [0.29, 0.717) is 34.2 Å². The highest BCUT2D eigenvalue weighted by molar-refractivity contribution is 7.17. The molecule has 1 amide bonds. The highest BCUT2D eigenvalue weighted by Gasteiger charge is 2.48. The Hall–Kier alpha value is -3.69. The SMILES string of the molecule is CCCOc1ccc(C(O)=C2C(=O)C(=O)N(c3nc(C)c(C(=O)OCC)s3)C2c2ccc(Cl)cc2)cc1C. The normalized spacial score (nSPS) is 16.7. The van der Waals surface area contributed by atoms with Crippen molar-refractivity contribution in [3.8, 4) is 5.75 Å². The number of rotatable bonds is 8. The van der Waals surface area contributed by atoms with Gasteiger partial charge in [0.1, 0.15) is 16.4 Å². The number of benzene rings is 2. The molecule has 1 unspecified atom stereocenters. The molecule has 0 aliphatic carbocycles. The van der Waals surface area contributed by atoms with Gasteiger partial charge in [-0.3, -0.25) is 14.5 Å². The Kier molecular flexibility index (Phi) is 8.18. The largest absolute Gasteiger partial charge is 0.507 e. The summed E-state index contributed by atoms with van der Waals surface area (Å²) >= 11 is 7.05. The third-order valence-electron chi connectivity index (χ3n) is 5.99. The van der Waals surface area contributed by atoms with Crippen molar-refractivity contribution in [2.45, 2.75) is 40.2 Å². The lowest BCUT2D eigenvalue weighted by Gasteiger charge is -2.23. The number of ketones is 1. The molecule has 1 aliphatic heterocycles. The molecule has 4 rings (SSSR count). The van der Waals surface area contributed by atoms with Crippen LogP contribution >= 0.6 is 22.9 Å². The molecular weight excluding hydrogens is 528 g/mol. The Morgan fingerprint density at radius 2 is 1.84 bits per heavy atom. The summed E-state index contributed by atoms with van der Waals surface area (Å²) in [6, 6.07) is 10.7. The monoisotopic (exact) mass is 554 g/mol. The van der Waals surface area contributed by atoms with E-state index in [-0.39, 0.29) is 27.9 Å². The van der Waals surface area contributed by atoms with Gasteiger partial charge in [0.2, 0.25) is 0 Å². The van der Waals surface area contributed by atoms with Crippen LogP contribution in [0.4, 0.5) is 5.13 Å². The molecule has 8 nitrogen and oxygen atoms in total. The van der Waals surface area contributed by atoms with E-state index in [9.17, 15) is 19.5 Å². The summed E-state index contributed by atoms with van der Waals surface area (Å²) < 4.78 is 10.8. The molecule has 38 heavy (non-hydrogen) atoms. The second-order valence-corrected chi connectivity index (χ2v) is 10.1. The smallest absolute Gasteiger partial charge is 0.350 e. The van der Waals surface area contributed by atoms with Crippen molar-refractivity contribution in [2.24, 2.45) is 0 Å². The molecule has 1 fully saturated rings. The minimum atomic E-state index is -0.996. The highest BCUT2D eigenvalue weighted by Crippen LogP contribution is 2.44. The number of aliphatic hydroxyl groups excluding tert-OH is 1. The molecule has 1 aliphatic rings. The number of thiazole rings is 1. The molecule has 0 saturated carbocycles. The van der Waals surface area contributed by atoms with Gasteiger partial charge in [-0.25, -0.2) is 9.78 Å². The van der Waals surface area contributed by atoms with E-state index in [2.05, 4.69) is 4.98 Å². The average Bonchev–Trinajstić information content (AvgIpc) is 3.40. The van der Waals surface area contributed by atoms with Crippen LogP contribution in [0.25, 0.3) is 5.76 Å². The molecule has 3 aromatic rings. The van der Waals surface area contributed by atoms with E-state index in [4.69, 9.17) is 21.1 Å². The van der Waals surface area contributed by atoms with Crippen molar-refractivity contribution in [3.05, 3.63) is 80.3 Å². The Morgan fingerprint density at radius 1 is 1.13 bits per heavy atom. The number of aryl methyl sites for hydroxylation is 2. The van der Waals surface area contributed by atoms with Crippen molar-refractivity contribution < 1.29 is 29.0 Å². The van der Waals surface area contributed by atoms with Crippen LogP contribution in [0.3, 0.4) is 0 Å². The summed E-state index contributed by atoms with van der Waals surface area (Å²) in [5.41, 5.74) is 1.96. The van der Waals surface area contributed by atoms with Crippen LogP contribution in [0.2, 0.25) is 5.02 Å². The van der Waals surface area contributed by atoms with Gasteiger partial charge in [0.15, 0.2) is 5.13 Å². The first-order valence-corrected chi connectivity index (χ1v) is 13.3. The topological polar surface area (TPSA) is 106 Å². The standard InChI is InChI=1S/C28H27ClN2O6S/c1-5-13-37-20-12-9-18(14-15(20)3)23(32)21-22(17-7-10-19(29)11-8-17)31(26(34)24(21)33)28-30-16(4)25(38-28)27(35)36-6-2/h7-12,14,22,32H,5-6,13H2,1-4H3. The average molecular weight is 555 g/mol. The van der Waals surface area contributed by atoms with E-state index >= 15 is 0 Å². The van der Waals surface area contributed by atoms with Gasteiger partial charge in [0.25, 0.3) is 5.78 Å². The van der Waals surface area contributed by atoms with Gasteiger partial charge in [0, 0.05) is 10.6 Å². The highest BCUT2D eigenvalue weighted by atomic mass is 35.5. The van der Waals surface area contributed by atoms with Gasteiger partial charge < -0.3 is 14.6 Å². The fraction of sp³-hybridized carbons (Fsp3) is 0.286. The summed E-state index contributed by atoms with van der Waals surface area (Å²) in [4.78, 5) is 45.1. The number of aliphatic hydroxyl groups is 1. The molecule has 2 heterocycles. The van der Waals surface area contributed by atoms with Crippen molar-refractivity contribution in [2.75, 3.05) is 18.1 Å². The molecule has 198 valence electrons. The molecule has 1 aromatic heterocycles. The number of esters is 1. The molecular formula is C28H27ClN2O6S. The van der Waals surface area contributed by atoms with Crippen molar-refractivity contribution in [3.63, 3.8) is 0 Å². The number of hydrogen-bond acceptors (Lipinski definition) is 8. The van der Waals surface area contributed by atoms with Crippen LogP contribution in [-0.2, 0) is 14.3 Å². The molecule has 0 spiro atoms. The predicted molar refractivity (Wildman–Crippen MR) is 146 cm³/mol. The maximum atomic E-state index is 13.4. The predicted octanol–water partition coefficient (Wildman–Crippen LogP) is 6.01. The van der Waals surface area contributed by atoms with E-state index in [0.717, 1.165) is 23.3 Å². The fourth-order valence-electron chi connectivity index (χ4n) is 4.19. The van der Waals surface area contributed by atoms with Crippen LogP contribution in [0.15, 0.2) is 48.0 Å². The van der Waals surface area contributed by atoms with Crippen LogP contribution < -0.4 is 9.64 Å². The van der Waals surface area contributed by atoms with Crippen LogP contribution in [0.5, 0.6) is 5.75 Å². The molecule has 0 radical (unpaired) electrons. The number of hydrogen-bond donors (Lipinski definition) is 1. The maximum Gasteiger partial charge on any atom is 0.350 e. The zero-order valence-corrected chi connectivity index (χ0v) is 23.0. The lowest BCUT2D eigenvalue weighted by Crippen LogP contribution is -2.29. The van der Waals surface area contributed by atoms with Crippen LogP contribution in [0, 0.1) is 13.8 Å². The summed E-state index contributed by atoms with van der Waals surface area (Å²) in [5.74, 6) is -1.95. The van der Waals surface area contributed by atoms with Crippen molar-refractivity contribution >= 4 is 51.5 Å². The maximum absolute atomic E-state index is 13.4. The quantitative estimate of drug-likeness (QED) is 0.157. The molecule has 0 bridgehead atoms. The number of amides is 1. The van der Waals surface area contributed by atoms with Gasteiger partial charge in [-0.2, -0.15) is 0 Å². The zero-order chi connectivity index (χ0) is 27.6. The number of carbonyl (C=O) groups excluding carboxylic acids is 3. The lowest BCUT2D eigenvalue weighted by molar-refractivity contribution is -0.132. The van der Waals surface area contributed by atoms with E-state index in [1.807, 2.05) is 13.8 Å². The number of nitrogens with zero attached hydrogens (tertiary/aromatic N) is 2. The molecule has 1 atom stereocenters. The van der Waals surface area contributed by atoms with Gasteiger partial charge in [0.05, 0.1) is 30.5 Å². The van der Waals surface area contributed by atoms with Crippen molar-refractivity contribution in [1.82, 2.24) is 4.98 Å². The fourth-order valence-corrected chi connectivity index (χ4v) is 5.30. The van der Waals surface area contributed by atoms with Gasteiger partial charge in [-0.1, -0.05) is 42.0 Å². The summed E-state index contributed by atoms with van der Waals surface area (Å²) in [6.45, 7) is 7.90. The molecule has 2 aromatic carbocycles. The van der Waals surface area contributed by atoms with E-state index in [1.54, 1.807) is 56.3 Å². The summed E-state index contributed by atoms with van der Waals surface area (Å²) in [7, 11) is 0. The van der Waals surface area contributed by atoms with E-state index < -0.39 is 23.7 Å². The number of ether oxygens (including phenoxy) is 2. The number of anilines is 1. The number of carbonyl (C=O) groups is 3. The van der Waals surface area contributed by atoms with Crippen molar-refractivity contribution in [1.29, 1.82) is 0 Å². The van der Waals surface area contributed by atoms with Gasteiger partial charge in [-0.15, -0.1) is 0 Å². The third-order valence-corrected chi connectivity index (χ3v) is 7.38. The molecule has 1 N–H and O–H groups in total. The zero-order valence-electron chi connectivity index (χ0n) is 21.4. The van der Waals surface area contributed by atoms with Gasteiger partial charge >= 0.3 is 11.9 Å². The third kappa shape index (κ3) is 5.16. The Labute approximate surface area is 229 Å². The minimum Gasteiger partial charge on any atom is -0.507 e. The minimum absolute atomic E-state index is 0.0931. The Balaban J connectivity index is 1.86. The first-order valence-electron chi connectivity index (χ1n) is 12.1. The first-order chi connectivity index (χ1) is 18.2. The first kappa shape index (κ1) is 27.3. The number of aromatic nitrogens is 1. The lowest BCUT2D eigenvalue weighted by atomic mass is 9.95. The Bertz CT molecular complexity index is 1430. The molecule has 10 heteroatoms. The summed E-state index contributed by atoms with van der Waals surface area (Å²) in [5, 5.41) is 12.0. The second kappa shape index (κ2) is 11.4. The number of Topliss-reactive ketones (excluding diaryl/α,β-unsaturated/α-hetero) is 1. The van der Waals surface area contributed by atoms with E-state index in [1.165, 1.54) is 4.90 Å². The summed E-state index contributed by atoms with van der Waals surface area (Å²) in [6.07, 6.45) is 0.847.